The van der Waals surface area contributed by atoms with Gasteiger partial charge in [-0.1, -0.05) is 0 Å². The van der Waals surface area contributed by atoms with Gasteiger partial charge in [-0.05, 0) is 52.9 Å². The lowest BCUT2D eigenvalue weighted by molar-refractivity contribution is -0.137. The molecule has 2 N–H and O–H groups in total. The molecule has 110 valence electrons. The first-order valence-electron chi connectivity index (χ1n) is 7.22. The standard InChI is InChI=1S/C14H26N2O3/c1-10(6-4-9-13(17)18)15-14(19)16-11(2)7-5-8-12(16)3/h10-12H,4-9H2,1-3H3,(H,15,19)(H,17,18)/t10?,11-,12+. The third kappa shape index (κ3) is 5.09. The fourth-order valence-electron chi connectivity index (χ4n) is 2.74. The summed E-state index contributed by atoms with van der Waals surface area (Å²) in [5, 5.41) is 11.6. The number of hydrogen-bond donors (Lipinski definition) is 2. The van der Waals surface area contributed by atoms with Crippen LogP contribution in [-0.2, 0) is 4.79 Å². The minimum atomic E-state index is -0.781. The molecule has 0 aromatic carbocycles. The Morgan fingerprint density at radius 3 is 2.42 bits per heavy atom. The molecule has 1 aliphatic heterocycles. The van der Waals surface area contributed by atoms with Gasteiger partial charge in [0.25, 0.3) is 0 Å². The van der Waals surface area contributed by atoms with Crippen molar-refractivity contribution in [2.24, 2.45) is 0 Å². The van der Waals surface area contributed by atoms with Crippen molar-refractivity contribution in [1.82, 2.24) is 10.2 Å². The number of nitrogens with zero attached hydrogens (tertiary/aromatic N) is 1. The van der Waals surface area contributed by atoms with Crippen molar-refractivity contribution >= 4 is 12.0 Å². The molecule has 0 aromatic heterocycles. The summed E-state index contributed by atoms with van der Waals surface area (Å²) in [7, 11) is 0. The van der Waals surface area contributed by atoms with Gasteiger partial charge in [0, 0.05) is 24.5 Å². The van der Waals surface area contributed by atoms with E-state index >= 15 is 0 Å². The number of aliphatic carboxylic acids is 1. The summed E-state index contributed by atoms with van der Waals surface area (Å²) >= 11 is 0. The molecule has 1 saturated heterocycles. The number of carboxylic acid groups (broad SMARTS) is 1. The predicted octanol–water partition coefficient (Wildman–Crippen LogP) is 2.60. The zero-order valence-electron chi connectivity index (χ0n) is 12.2. The van der Waals surface area contributed by atoms with Crippen molar-refractivity contribution in [3.8, 4) is 0 Å². The summed E-state index contributed by atoms with van der Waals surface area (Å²) in [6, 6.07) is 0.584. The molecule has 0 bridgehead atoms. The maximum atomic E-state index is 12.2. The number of nitrogens with one attached hydrogen (secondary N) is 1. The Morgan fingerprint density at radius 1 is 1.32 bits per heavy atom. The van der Waals surface area contributed by atoms with Crippen LogP contribution in [0.5, 0.6) is 0 Å². The van der Waals surface area contributed by atoms with Crippen LogP contribution >= 0.6 is 0 Å². The van der Waals surface area contributed by atoms with Crippen LogP contribution in [0.2, 0.25) is 0 Å². The van der Waals surface area contributed by atoms with E-state index in [1.165, 1.54) is 6.42 Å². The van der Waals surface area contributed by atoms with Crippen molar-refractivity contribution < 1.29 is 14.7 Å². The van der Waals surface area contributed by atoms with Crippen LogP contribution in [0.4, 0.5) is 4.79 Å². The molecule has 5 heteroatoms. The van der Waals surface area contributed by atoms with E-state index in [1.54, 1.807) is 0 Å². The fraction of sp³-hybridized carbons (Fsp3) is 0.857. The van der Waals surface area contributed by atoms with E-state index in [1.807, 2.05) is 11.8 Å². The zero-order valence-corrected chi connectivity index (χ0v) is 12.2. The Hall–Kier alpha value is -1.26. The van der Waals surface area contributed by atoms with Gasteiger partial charge in [0.05, 0.1) is 0 Å². The minimum absolute atomic E-state index is 0.0116. The number of carbonyl (C=O) groups excluding carboxylic acids is 1. The first-order valence-corrected chi connectivity index (χ1v) is 7.22. The second kappa shape index (κ2) is 7.36. The smallest absolute Gasteiger partial charge is 0.318 e. The highest BCUT2D eigenvalue weighted by atomic mass is 16.4. The molecule has 1 fully saturated rings. The van der Waals surface area contributed by atoms with E-state index in [9.17, 15) is 9.59 Å². The number of urea groups is 1. The molecule has 2 amide bonds. The van der Waals surface area contributed by atoms with E-state index < -0.39 is 5.97 Å². The molecule has 0 aromatic rings. The van der Waals surface area contributed by atoms with Gasteiger partial charge < -0.3 is 15.3 Å². The number of rotatable bonds is 5. The van der Waals surface area contributed by atoms with E-state index in [-0.39, 0.29) is 30.6 Å². The molecule has 0 saturated carbocycles. The van der Waals surface area contributed by atoms with Crippen LogP contribution < -0.4 is 5.32 Å². The number of carboxylic acids is 1. The van der Waals surface area contributed by atoms with Gasteiger partial charge in [0.2, 0.25) is 0 Å². The van der Waals surface area contributed by atoms with Crippen LogP contribution in [-0.4, -0.2) is 40.1 Å². The summed E-state index contributed by atoms with van der Waals surface area (Å²) in [6.45, 7) is 6.10. The van der Waals surface area contributed by atoms with Gasteiger partial charge in [-0.2, -0.15) is 0 Å². The van der Waals surface area contributed by atoms with Gasteiger partial charge in [0.1, 0.15) is 0 Å². The highest BCUT2D eigenvalue weighted by molar-refractivity contribution is 5.75. The van der Waals surface area contributed by atoms with Crippen LogP contribution in [0, 0.1) is 0 Å². The summed E-state index contributed by atoms with van der Waals surface area (Å²) in [5.74, 6) is -0.781. The lowest BCUT2D eigenvalue weighted by Gasteiger charge is -2.39. The van der Waals surface area contributed by atoms with Gasteiger partial charge in [0.15, 0.2) is 0 Å². The Bertz CT molecular complexity index is 310. The van der Waals surface area contributed by atoms with Crippen molar-refractivity contribution in [1.29, 1.82) is 0 Å². The van der Waals surface area contributed by atoms with Crippen molar-refractivity contribution in [3.05, 3.63) is 0 Å². The summed E-state index contributed by atoms with van der Waals surface area (Å²) in [6.07, 6.45) is 4.77. The third-order valence-corrected chi connectivity index (χ3v) is 3.83. The largest absolute Gasteiger partial charge is 0.481 e. The van der Waals surface area contributed by atoms with E-state index in [2.05, 4.69) is 19.2 Å². The zero-order chi connectivity index (χ0) is 14.4. The topological polar surface area (TPSA) is 69.6 Å². The van der Waals surface area contributed by atoms with Gasteiger partial charge in [-0.25, -0.2) is 4.79 Å². The van der Waals surface area contributed by atoms with Gasteiger partial charge in [-0.3, -0.25) is 4.79 Å². The van der Waals surface area contributed by atoms with Crippen LogP contribution in [0.1, 0.15) is 59.3 Å². The minimum Gasteiger partial charge on any atom is -0.481 e. The summed E-state index contributed by atoms with van der Waals surface area (Å²) in [4.78, 5) is 24.6. The average molecular weight is 270 g/mol. The van der Waals surface area contributed by atoms with Gasteiger partial charge in [-0.15, -0.1) is 0 Å². The number of hydrogen-bond acceptors (Lipinski definition) is 2. The molecular formula is C14H26N2O3. The quantitative estimate of drug-likeness (QED) is 0.806. The molecule has 1 aliphatic rings. The molecule has 19 heavy (non-hydrogen) atoms. The fourth-order valence-corrected chi connectivity index (χ4v) is 2.74. The molecule has 1 rings (SSSR count). The monoisotopic (exact) mass is 270 g/mol. The normalized spacial score (nSPS) is 24.9. The second-order valence-corrected chi connectivity index (χ2v) is 5.67. The first-order chi connectivity index (χ1) is 8.91. The Morgan fingerprint density at radius 2 is 1.89 bits per heavy atom. The molecule has 0 radical (unpaired) electrons. The highest BCUT2D eigenvalue weighted by Crippen LogP contribution is 2.22. The van der Waals surface area contributed by atoms with Crippen molar-refractivity contribution in [2.45, 2.75) is 77.4 Å². The number of carbonyl (C=O) groups is 2. The van der Waals surface area contributed by atoms with Crippen LogP contribution in [0.25, 0.3) is 0 Å². The number of amides is 2. The second-order valence-electron chi connectivity index (χ2n) is 5.67. The molecule has 1 unspecified atom stereocenters. The molecule has 3 atom stereocenters. The van der Waals surface area contributed by atoms with Crippen LogP contribution in [0.15, 0.2) is 0 Å². The number of likely N-dealkylation sites (tertiary alicyclic amines) is 1. The van der Waals surface area contributed by atoms with Crippen LogP contribution in [0.3, 0.4) is 0 Å². The lowest BCUT2D eigenvalue weighted by atomic mass is 9.98. The van der Waals surface area contributed by atoms with Crippen molar-refractivity contribution in [3.63, 3.8) is 0 Å². The van der Waals surface area contributed by atoms with E-state index in [0.29, 0.717) is 12.8 Å². The number of piperidine rings is 1. The molecule has 5 nitrogen and oxygen atoms in total. The molecule has 0 spiro atoms. The Balaban J connectivity index is 2.38. The lowest BCUT2D eigenvalue weighted by Crippen LogP contribution is -2.53. The molecule has 1 heterocycles. The summed E-state index contributed by atoms with van der Waals surface area (Å²) < 4.78 is 0. The predicted molar refractivity (Wildman–Crippen MR) is 74.1 cm³/mol. The van der Waals surface area contributed by atoms with E-state index in [0.717, 1.165) is 12.8 Å². The highest BCUT2D eigenvalue weighted by Gasteiger charge is 2.29. The Labute approximate surface area is 115 Å². The maximum absolute atomic E-state index is 12.2. The maximum Gasteiger partial charge on any atom is 0.318 e. The summed E-state index contributed by atoms with van der Waals surface area (Å²) in [5.41, 5.74) is 0. The Kier molecular flexibility index (Phi) is 6.12. The van der Waals surface area contributed by atoms with E-state index in [4.69, 9.17) is 5.11 Å². The first kappa shape index (κ1) is 15.8. The molecule has 0 aliphatic carbocycles. The molecular weight excluding hydrogens is 244 g/mol. The van der Waals surface area contributed by atoms with Crippen molar-refractivity contribution in [2.75, 3.05) is 0 Å². The average Bonchev–Trinajstić information content (AvgIpc) is 2.27. The van der Waals surface area contributed by atoms with Gasteiger partial charge >= 0.3 is 12.0 Å². The third-order valence-electron chi connectivity index (χ3n) is 3.83. The SMILES string of the molecule is CC(CCCC(=O)O)NC(=O)N1[C@H](C)CCC[C@@H]1C.